The number of amides is 1. The Bertz CT molecular complexity index is 846. The van der Waals surface area contributed by atoms with Gasteiger partial charge >= 0.3 is 6.18 Å². The van der Waals surface area contributed by atoms with Crippen molar-refractivity contribution in [3.05, 3.63) is 65.5 Å². The fourth-order valence-electron chi connectivity index (χ4n) is 3.68. The van der Waals surface area contributed by atoms with Gasteiger partial charge < -0.3 is 15.1 Å². The van der Waals surface area contributed by atoms with E-state index in [0.29, 0.717) is 44.8 Å². The summed E-state index contributed by atoms with van der Waals surface area (Å²) in [6, 6.07) is 11.3. The molecule has 30 heavy (non-hydrogen) atoms. The van der Waals surface area contributed by atoms with Crippen molar-refractivity contribution >= 4 is 11.6 Å². The molecule has 1 aliphatic rings. The molecule has 3 rings (SSSR count). The molecule has 2 N–H and O–H groups in total. The molecule has 0 aromatic heterocycles. The standard InChI is InChI=1S/C22H25F4N3O/c1-16(21(30)27-10-9-17-5-7-19(23)8-6-17)28-11-13-29(14-12-28)20-4-2-3-18(15-20)22(24,25)26/h2-8,15-16H,9-14H2,1H3,(H,27,30)/p+1/t16-/m1/s1. The summed E-state index contributed by atoms with van der Waals surface area (Å²) in [5, 5.41) is 2.92. The fourth-order valence-corrected chi connectivity index (χ4v) is 3.68. The van der Waals surface area contributed by atoms with Gasteiger partial charge in [0, 0.05) is 12.2 Å². The average molecular weight is 424 g/mol. The van der Waals surface area contributed by atoms with E-state index in [2.05, 4.69) is 5.32 Å². The molecule has 0 aliphatic carbocycles. The minimum absolute atomic E-state index is 0.0559. The van der Waals surface area contributed by atoms with E-state index in [1.807, 2.05) is 11.8 Å². The van der Waals surface area contributed by atoms with Crippen molar-refractivity contribution in [1.82, 2.24) is 5.32 Å². The van der Waals surface area contributed by atoms with Crippen LogP contribution in [0.4, 0.5) is 23.2 Å². The number of anilines is 1. The molecule has 1 heterocycles. The number of nitrogens with zero attached hydrogens (tertiary/aromatic N) is 1. The molecule has 2 aromatic carbocycles. The van der Waals surface area contributed by atoms with E-state index < -0.39 is 11.7 Å². The van der Waals surface area contributed by atoms with Crippen molar-refractivity contribution in [2.75, 3.05) is 37.6 Å². The molecular weight excluding hydrogens is 398 g/mol. The minimum Gasteiger partial charge on any atom is -0.360 e. The second-order valence-corrected chi connectivity index (χ2v) is 7.58. The topological polar surface area (TPSA) is 36.8 Å². The normalized spacial score (nSPS) is 16.4. The molecule has 1 amide bonds. The highest BCUT2D eigenvalue weighted by molar-refractivity contribution is 5.79. The SMILES string of the molecule is C[C@H](C(=O)NCCc1ccc(F)cc1)[NH+]1CCN(c2cccc(C(F)(F)F)c2)CC1. The number of quaternary nitrogens is 1. The summed E-state index contributed by atoms with van der Waals surface area (Å²) in [6.45, 7) is 4.85. The van der Waals surface area contributed by atoms with Crippen LogP contribution in [0, 0.1) is 5.82 Å². The summed E-state index contributed by atoms with van der Waals surface area (Å²) in [5.41, 5.74) is 0.857. The highest BCUT2D eigenvalue weighted by atomic mass is 19.4. The van der Waals surface area contributed by atoms with Crippen LogP contribution in [0.2, 0.25) is 0 Å². The zero-order valence-electron chi connectivity index (χ0n) is 16.8. The molecule has 0 radical (unpaired) electrons. The van der Waals surface area contributed by atoms with E-state index in [4.69, 9.17) is 0 Å². The van der Waals surface area contributed by atoms with E-state index in [9.17, 15) is 22.4 Å². The van der Waals surface area contributed by atoms with Gasteiger partial charge in [-0.3, -0.25) is 4.79 Å². The lowest BCUT2D eigenvalue weighted by atomic mass is 10.1. The summed E-state index contributed by atoms with van der Waals surface area (Å²) in [5.74, 6) is -0.344. The lowest BCUT2D eigenvalue weighted by molar-refractivity contribution is -0.914. The van der Waals surface area contributed by atoms with Gasteiger partial charge in [-0.15, -0.1) is 0 Å². The number of carbonyl (C=O) groups excluding carboxylic acids is 1. The van der Waals surface area contributed by atoms with Crippen LogP contribution in [0.25, 0.3) is 0 Å². The van der Waals surface area contributed by atoms with E-state index in [1.165, 1.54) is 24.3 Å². The first-order valence-corrected chi connectivity index (χ1v) is 10.0. The molecule has 1 saturated heterocycles. The average Bonchev–Trinajstić information content (AvgIpc) is 2.74. The molecule has 0 unspecified atom stereocenters. The molecule has 1 aliphatic heterocycles. The van der Waals surface area contributed by atoms with Gasteiger partial charge in [0.2, 0.25) is 0 Å². The summed E-state index contributed by atoms with van der Waals surface area (Å²) in [6.07, 6.45) is -3.74. The molecule has 0 spiro atoms. The van der Waals surface area contributed by atoms with E-state index >= 15 is 0 Å². The number of nitrogens with one attached hydrogen (secondary N) is 2. The smallest absolute Gasteiger partial charge is 0.360 e. The summed E-state index contributed by atoms with van der Waals surface area (Å²) in [7, 11) is 0. The zero-order chi connectivity index (χ0) is 21.7. The van der Waals surface area contributed by atoms with Crippen molar-refractivity contribution in [2.24, 2.45) is 0 Å². The maximum atomic E-state index is 12.9. The number of rotatable bonds is 6. The maximum absolute atomic E-state index is 12.9. The fraction of sp³-hybridized carbons (Fsp3) is 0.409. The Kier molecular flexibility index (Phi) is 6.97. The summed E-state index contributed by atoms with van der Waals surface area (Å²) in [4.78, 5) is 15.5. The van der Waals surface area contributed by atoms with Crippen LogP contribution in [0.1, 0.15) is 18.1 Å². The monoisotopic (exact) mass is 424 g/mol. The van der Waals surface area contributed by atoms with Gasteiger partial charge in [-0.05, 0) is 49.2 Å². The maximum Gasteiger partial charge on any atom is 0.416 e. The molecular formula is C22H26F4N3O+. The number of benzene rings is 2. The zero-order valence-corrected chi connectivity index (χ0v) is 16.8. The van der Waals surface area contributed by atoms with Gasteiger partial charge in [-0.1, -0.05) is 18.2 Å². The van der Waals surface area contributed by atoms with Crippen molar-refractivity contribution in [3.8, 4) is 0 Å². The van der Waals surface area contributed by atoms with Gasteiger partial charge in [-0.2, -0.15) is 13.2 Å². The molecule has 0 saturated carbocycles. The van der Waals surface area contributed by atoms with Gasteiger partial charge in [0.05, 0.1) is 31.7 Å². The molecule has 1 fully saturated rings. The largest absolute Gasteiger partial charge is 0.416 e. The van der Waals surface area contributed by atoms with Crippen LogP contribution in [-0.4, -0.2) is 44.7 Å². The van der Waals surface area contributed by atoms with Gasteiger partial charge in [-0.25, -0.2) is 4.39 Å². The molecule has 8 heteroatoms. The van der Waals surface area contributed by atoms with Crippen LogP contribution in [0.3, 0.4) is 0 Å². The Labute approximate surface area is 173 Å². The van der Waals surface area contributed by atoms with Gasteiger partial charge in [0.15, 0.2) is 6.04 Å². The third kappa shape index (κ3) is 5.72. The summed E-state index contributed by atoms with van der Waals surface area (Å²) >= 11 is 0. The lowest BCUT2D eigenvalue weighted by Crippen LogP contribution is -3.19. The Morgan fingerprint density at radius 1 is 1.13 bits per heavy atom. The predicted octanol–water partition coefficient (Wildman–Crippen LogP) is 2.30. The number of hydrogen-bond donors (Lipinski definition) is 2. The van der Waals surface area contributed by atoms with Crippen molar-refractivity contribution < 1.29 is 27.3 Å². The number of piperazine rings is 1. The third-order valence-corrected chi connectivity index (χ3v) is 5.58. The second-order valence-electron chi connectivity index (χ2n) is 7.58. The first-order chi connectivity index (χ1) is 14.2. The lowest BCUT2D eigenvalue weighted by Gasteiger charge is -2.36. The van der Waals surface area contributed by atoms with Crippen molar-refractivity contribution in [1.29, 1.82) is 0 Å². The Hall–Kier alpha value is -2.61. The minimum atomic E-state index is -4.36. The van der Waals surface area contributed by atoms with Crippen LogP contribution in [-0.2, 0) is 17.4 Å². The first kappa shape index (κ1) is 22.1. The van der Waals surface area contributed by atoms with Crippen LogP contribution >= 0.6 is 0 Å². The van der Waals surface area contributed by atoms with E-state index in [0.717, 1.165) is 16.5 Å². The molecule has 0 bridgehead atoms. The van der Waals surface area contributed by atoms with Crippen molar-refractivity contribution in [2.45, 2.75) is 25.6 Å². The number of alkyl halides is 3. The van der Waals surface area contributed by atoms with Crippen LogP contribution < -0.4 is 15.1 Å². The molecule has 1 atom stereocenters. The van der Waals surface area contributed by atoms with Crippen LogP contribution in [0.5, 0.6) is 0 Å². The number of carbonyl (C=O) groups is 1. The Morgan fingerprint density at radius 2 is 1.80 bits per heavy atom. The number of halogens is 4. The molecule has 162 valence electrons. The highest BCUT2D eigenvalue weighted by Gasteiger charge is 2.32. The predicted molar refractivity (Wildman–Crippen MR) is 107 cm³/mol. The van der Waals surface area contributed by atoms with Crippen molar-refractivity contribution in [3.63, 3.8) is 0 Å². The summed E-state index contributed by atoms with van der Waals surface area (Å²) < 4.78 is 51.7. The molecule has 4 nitrogen and oxygen atoms in total. The Balaban J connectivity index is 1.47. The highest BCUT2D eigenvalue weighted by Crippen LogP contribution is 2.31. The number of hydrogen-bond acceptors (Lipinski definition) is 2. The second kappa shape index (κ2) is 9.47. The van der Waals surface area contributed by atoms with Crippen LogP contribution in [0.15, 0.2) is 48.5 Å². The quantitative estimate of drug-likeness (QED) is 0.699. The first-order valence-electron chi connectivity index (χ1n) is 10.0. The third-order valence-electron chi connectivity index (χ3n) is 5.58. The van der Waals surface area contributed by atoms with E-state index in [-0.39, 0.29) is 17.8 Å². The van der Waals surface area contributed by atoms with E-state index in [1.54, 1.807) is 18.2 Å². The van der Waals surface area contributed by atoms with Gasteiger partial charge in [0.25, 0.3) is 5.91 Å². The Morgan fingerprint density at radius 3 is 2.43 bits per heavy atom. The molecule has 2 aromatic rings. The van der Waals surface area contributed by atoms with Gasteiger partial charge in [0.1, 0.15) is 5.82 Å².